The second-order valence-corrected chi connectivity index (χ2v) is 4.20. The van der Waals surface area contributed by atoms with Crippen LogP contribution in [0.2, 0.25) is 0 Å². The third-order valence-corrected chi connectivity index (χ3v) is 2.43. The van der Waals surface area contributed by atoms with Gasteiger partial charge in [-0.2, -0.15) is 0 Å². The van der Waals surface area contributed by atoms with E-state index >= 15 is 0 Å². The SMILES string of the molecule is CC(O)c1ccc(NC(=O)NCCOCC(N)=O)cc1. The van der Waals surface area contributed by atoms with Gasteiger partial charge in [-0.05, 0) is 24.6 Å². The summed E-state index contributed by atoms with van der Waals surface area (Å²) in [5, 5.41) is 14.6. The minimum atomic E-state index is -0.548. The second kappa shape index (κ2) is 8.13. The molecular weight excluding hydrogens is 262 g/mol. The summed E-state index contributed by atoms with van der Waals surface area (Å²) in [6, 6.07) is 6.49. The van der Waals surface area contributed by atoms with Crippen molar-refractivity contribution in [3.63, 3.8) is 0 Å². The zero-order valence-corrected chi connectivity index (χ0v) is 11.3. The molecule has 1 rings (SSSR count). The highest BCUT2D eigenvalue weighted by molar-refractivity contribution is 5.89. The quantitative estimate of drug-likeness (QED) is 0.540. The Hall–Kier alpha value is -2.12. The number of aliphatic hydroxyl groups is 1. The Kier molecular flexibility index (Phi) is 6.48. The van der Waals surface area contributed by atoms with Crippen molar-refractivity contribution in [2.75, 3.05) is 25.1 Å². The summed E-state index contributed by atoms with van der Waals surface area (Å²) in [4.78, 5) is 21.9. The normalized spacial score (nSPS) is 11.7. The number of rotatable bonds is 7. The Morgan fingerprint density at radius 2 is 2.00 bits per heavy atom. The number of amides is 3. The average molecular weight is 281 g/mol. The lowest BCUT2D eigenvalue weighted by atomic mass is 10.1. The molecule has 0 aliphatic carbocycles. The van der Waals surface area contributed by atoms with Crippen molar-refractivity contribution < 1.29 is 19.4 Å². The molecule has 7 nitrogen and oxygen atoms in total. The summed E-state index contributed by atoms with van der Waals surface area (Å²) < 4.78 is 4.89. The molecule has 0 spiro atoms. The van der Waals surface area contributed by atoms with E-state index in [-0.39, 0.29) is 25.8 Å². The fraction of sp³-hybridized carbons (Fsp3) is 0.385. The maximum atomic E-state index is 11.5. The van der Waals surface area contributed by atoms with E-state index in [2.05, 4.69) is 10.6 Å². The number of urea groups is 1. The van der Waals surface area contributed by atoms with Crippen molar-refractivity contribution in [1.29, 1.82) is 0 Å². The molecule has 20 heavy (non-hydrogen) atoms. The van der Waals surface area contributed by atoms with Crippen LogP contribution in [0, 0.1) is 0 Å². The molecule has 5 N–H and O–H groups in total. The van der Waals surface area contributed by atoms with Gasteiger partial charge in [0.2, 0.25) is 5.91 Å². The molecule has 0 fully saturated rings. The van der Waals surface area contributed by atoms with Gasteiger partial charge in [0.1, 0.15) is 6.61 Å². The highest BCUT2D eigenvalue weighted by atomic mass is 16.5. The van der Waals surface area contributed by atoms with Crippen LogP contribution < -0.4 is 16.4 Å². The monoisotopic (exact) mass is 281 g/mol. The number of hydrogen-bond donors (Lipinski definition) is 4. The van der Waals surface area contributed by atoms with E-state index in [1.807, 2.05) is 0 Å². The van der Waals surface area contributed by atoms with Gasteiger partial charge < -0.3 is 26.2 Å². The highest BCUT2D eigenvalue weighted by Crippen LogP contribution is 2.15. The predicted molar refractivity (Wildman–Crippen MR) is 74.1 cm³/mol. The van der Waals surface area contributed by atoms with Gasteiger partial charge in [0.25, 0.3) is 0 Å². The largest absolute Gasteiger partial charge is 0.389 e. The van der Waals surface area contributed by atoms with Crippen molar-refractivity contribution in [1.82, 2.24) is 5.32 Å². The third kappa shape index (κ3) is 6.17. The van der Waals surface area contributed by atoms with Gasteiger partial charge in [-0.1, -0.05) is 12.1 Å². The van der Waals surface area contributed by atoms with E-state index in [0.717, 1.165) is 5.56 Å². The van der Waals surface area contributed by atoms with Gasteiger partial charge in [-0.15, -0.1) is 0 Å². The highest BCUT2D eigenvalue weighted by Gasteiger charge is 2.03. The van der Waals surface area contributed by atoms with Gasteiger partial charge in [0.05, 0.1) is 12.7 Å². The Labute approximate surface area is 117 Å². The van der Waals surface area contributed by atoms with E-state index in [1.54, 1.807) is 31.2 Å². The molecule has 1 aromatic rings. The van der Waals surface area contributed by atoms with Crippen LogP contribution in [0.25, 0.3) is 0 Å². The fourth-order valence-electron chi connectivity index (χ4n) is 1.43. The third-order valence-electron chi connectivity index (χ3n) is 2.43. The lowest BCUT2D eigenvalue weighted by Gasteiger charge is -2.09. The molecule has 0 saturated carbocycles. The summed E-state index contributed by atoms with van der Waals surface area (Å²) in [6.45, 7) is 1.98. The van der Waals surface area contributed by atoms with Gasteiger partial charge in [0, 0.05) is 12.2 Å². The molecule has 1 unspecified atom stereocenters. The number of anilines is 1. The van der Waals surface area contributed by atoms with Crippen LogP contribution >= 0.6 is 0 Å². The lowest BCUT2D eigenvalue weighted by Crippen LogP contribution is -2.32. The first-order valence-electron chi connectivity index (χ1n) is 6.18. The number of carbonyl (C=O) groups excluding carboxylic acids is 2. The molecule has 0 heterocycles. The molecule has 0 aromatic heterocycles. The molecule has 7 heteroatoms. The van der Waals surface area contributed by atoms with Crippen LogP contribution in [0.3, 0.4) is 0 Å². The van der Waals surface area contributed by atoms with Crippen molar-refractivity contribution in [3.8, 4) is 0 Å². The predicted octanol–water partition coefficient (Wildman–Crippen LogP) is 0.363. The van der Waals surface area contributed by atoms with Gasteiger partial charge in [0.15, 0.2) is 0 Å². The van der Waals surface area contributed by atoms with Crippen molar-refractivity contribution in [2.45, 2.75) is 13.0 Å². The summed E-state index contributed by atoms with van der Waals surface area (Å²) in [7, 11) is 0. The molecule has 1 atom stereocenters. The van der Waals surface area contributed by atoms with Crippen LogP contribution in [0.4, 0.5) is 10.5 Å². The first-order chi connectivity index (χ1) is 9.49. The van der Waals surface area contributed by atoms with Crippen molar-refractivity contribution in [3.05, 3.63) is 29.8 Å². The summed E-state index contributed by atoms with van der Waals surface area (Å²) >= 11 is 0. The number of nitrogens with one attached hydrogen (secondary N) is 2. The van der Waals surface area contributed by atoms with Crippen LogP contribution in [0.1, 0.15) is 18.6 Å². The Morgan fingerprint density at radius 3 is 2.55 bits per heavy atom. The number of carbonyl (C=O) groups is 2. The number of nitrogens with two attached hydrogens (primary N) is 1. The second-order valence-electron chi connectivity index (χ2n) is 4.20. The summed E-state index contributed by atoms with van der Waals surface area (Å²) in [5.74, 6) is -0.548. The van der Waals surface area contributed by atoms with Crippen molar-refractivity contribution in [2.24, 2.45) is 5.73 Å². The summed E-state index contributed by atoms with van der Waals surface area (Å²) in [6.07, 6.45) is -0.541. The van der Waals surface area contributed by atoms with E-state index in [9.17, 15) is 14.7 Å². The van der Waals surface area contributed by atoms with E-state index in [0.29, 0.717) is 5.69 Å². The maximum absolute atomic E-state index is 11.5. The average Bonchev–Trinajstić information content (AvgIpc) is 2.38. The van der Waals surface area contributed by atoms with E-state index < -0.39 is 12.0 Å². The van der Waals surface area contributed by atoms with Crippen LogP contribution in [-0.2, 0) is 9.53 Å². The zero-order chi connectivity index (χ0) is 15.0. The number of benzene rings is 1. The first kappa shape index (κ1) is 15.9. The standard InChI is InChI=1S/C13H19N3O4/c1-9(17)10-2-4-11(5-3-10)16-13(19)15-6-7-20-8-12(14)18/h2-5,9,17H,6-8H2,1H3,(H2,14,18)(H2,15,16,19). The van der Waals surface area contributed by atoms with E-state index in [4.69, 9.17) is 10.5 Å². The topological polar surface area (TPSA) is 114 Å². The molecule has 0 aliphatic heterocycles. The smallest absolute Gasteiger partial charge is 0.319 e. The molecule has 0 radical (unpaired) electrons. The Balaban J connectivity index is 2.26. The molecule has 1 aromatic carbocycles. The molecule has 0 bridgehead atoms. The first-order valence-corrected chi connectivity index (χ1v) is 6.18. The zero-order valence-electron chi connectivity index (χ0n) is 11.3. The van der Waals surface area contributed by atoms with Crippen molar-refractivity contribution >= 4 is 17.6 Å². The van der Waals surface area contributed by atoms with Gasteiger partial charge in [-0.3, -0.25) is 4.79 Å². The minimum Gasteiger partial charge on any atom is -0.389 e. The van der Waals surface area contributed by atoms with Crippen LogP contribution in [0.15, 0.2) is 24.3 Å². The van der Waals surface area contributed by atoms with Gasteiger partial charge in [-0.25, -0.2) is 4.79 Å². The van der Waals surface area contributed by atoms with Gasteiger partial charge >= 0.3 is 6.03 Å². The molecular formula is C13H19N3O4. The number of ether oxygens (including phenoxy) is 1. The molecule has 0 saturated heterocycles. The summed E-state index contributed by atoms with van der Waals surface area (Å²) in [5.41, 5.74) is 6.28. The Bertz CT molecular complexity index is 445. The number of aliphatic hydroxyl groups excluding tert-OH is 1. The molecule has 0 aliphatic rings. The molecule has 110 valence electrons. The van der Waals surface area contributed by atoms with E-state index in [1.165, 1.54) is 0 Å². The number of hydrogen-bond acceptors (Lipinski definition) is 4. The van der Waals surface area contributed by atoms with Crippen LogP contribution in [0.5, 0.6) is 0 Å². The molecule has 3 amide bonds. The maximum Gasteiger partial charge on any atom is 0.319 e. The Morgan fingerprint density at radius 1 is 1.35 bits per heavy atom. The number of primary amides is 1. The minimum absolute atomic E-state index is 0.163. The van der Waals surface area contributed by atoms with Crippen LogP contribution in [-0.4, -0.2) is 36.8 Å². The lowest BCUT2D eigenvalue weighted by molar-refractivity contribution is -0.122. The fourth-order valence-corrected chi connectivity index (χ4v) is 1.43.